The predicted octanol–water partition coefficient (Wildman–Crippen LogP) is 6.81. The van der Waals surface area contributed by atoms with Gasteiger partial charge in [0, 0.05) is 41.6 Å². The van der Waals surface area contributed by atoms with Gasteiger partial charge in [0.05, 0.1) is 5.25 Å². The number of rotatable bonds is 11. The van der Waals surface area contributed by atoms with E-state index in [-0.39, 0.29) is 17.4 Å². The highest BCUT2D eigenvalue weighted by Crippen LogP contribution is 2.29. The number of hydrogen-bond acceptors (Lipinski definition) is 5. The molecule has 1 unspecified atom stereocenters. The molecule has 9 heteroatoms. The lowest BCUT2D eigenvalue weighted by Crippen LogP contribution is -2.30. The van der Waals surface area contributed by atoms with E-state index in [0.29, 0.717) is 23.4 Å². The van der Waals surface area contributed by atoms with Crippen molar-refractivity contribution in [1.29, 1.82) is 0 Å². The third kappa shape index (κ3) is 9.05. The van der Waals surface area contributed by atoms with E-state index in [0.717, 1.165) is 16.1 Å². The zero-order chi connectivity index (χ0) is 30.8. The first-order valence-electron chi connectivity index (χ1n) is 13.7. The summed E-state index contributed by atoms with van der Waals surface area (Å²) in [6.07, 6.45) is 2.18. The monoisotopic (exact) mass is 596 g/mol. The maximum Gasteiger partial charge on any atom is 0.272 e. The molecule has 0 saturated heterocycles. The summed E-state index contributed by atoms with van der Waals surface area (Å²) >= 11 is 1.36. The van der Waals surface area contributed by atoms with Crippen LogP contribution < -0.4 is 20.9 Å². The van der Waals surface area contributed by atoms with Crippen LogP contribution in [0, 0.1) is 5.82 Å². The van der Waals surface area contributed by atoms with Crippen molar-refractivity contribution in [2.24, 2.45) is 0 Å². The summed E-state index contributed by atoms with van der Waals surface area (Å²) in [7, 11) is 3.88. The lowest BCUT2D eigenvalue weighted by atomic mass is 10.1. The molecule has 3 amide bonds. The Morgan fingerprint density at radius 3 is 2.19 bits per heavy atom. The SMILES string of the molecule is CCC(Sc1cccc(NC(=O)/C(=C\c2ccc(N(C)C)cc2)NC(=O)c2ccccc2)c1)C(=O)Nc1ccc(F)cc1. The van der Waals surface area contributed by atoms with E-state index in [4.69, 9.17) is 0 Å². The largest absolute Gasteiger partial charge is 0.378 e. The summed E-state index contributed by atoms with van der Waals surface area (Å²) in [6, 6.07) is 29.0. The highest BCUT2D eigenvalue weighted by molar-refractivity contribution is 8.00. The van der Waals surface area contributed by atoms with Gasteiger partial charge in [-0.05, 0) is 84.8 Å². The van der Waals surface area contributed by atoms with Crippen molar-refractivity contribution in [3.05, 3.63) is 126 Å². The van der Waals surface area contributed by atoms with Gasteiger partial charge in [0.1, 0.15) is 11.5 Å². The smallest absolute Gasteiger partial charge is 0.272 e. The second kappa shape index (κ2) is 14.8. The summed E-state index contributed by atoms with van der Waals surface area (Å²) in [5.74, 6) is -1.49. The third-order valence-electron chi connectivity index (χ3n) is 6.39. The Balaban J connectivity index is 1.51. The van der Waals surface area contributed by atoms with Gasteiger partial charge in [-0.15, -0.1) is 11.8 Å². The molecule has 4 aromatic rings. The Hall–Kier alpha value is -4.89. The first-order chi connectivity index (χ1) is 20.7. The molecule has 0 aliphatic rings. The molecule has 0 radical (unpaired) electrons. The summed E-state index contributed by atoms with van der Waals surface area (Å²) in [5.41, 5.74) is 3.27. The maximum atomic E-state index is 13.5. The summed E-state index contributed by atoms with van der Waals surface area (Å²) in [5, 5.41) is 8.03. The summed E-state index contributed by atoms with van der Waals surface area (Å²) < 4.78 is 13.2. The average molecular weight is 597 g/mol. The van der Waals surface area contributed by atoms with Crippen molar-refractivity contribution in [3.8, 4) is 0 Å². The molecular formula is C34H33FN4O3S. The van der Waals surface area contributed by atoms with Crippen LogP contribution in [0.4, 0.5) is 21.5 Å². The van der Waals surface area contributed by atoms with Gasteiger partial charge >= 0.3 is 0 Å². The molecule has 3 N–H and O–H groups in total. The van der Waals surface area contributed by atoms with Crippen LogP contribution in [0.3, 0.4) is 0 Å². The van der Waals surface area contributed by atoms with Gasteiger partial charge in [-0.25, -0.2) is 4.39 Å². The molecule has 4 rings (SSSR count). The number of benzene rings is 4. The second-order valence-corrected chi connectivity index (χ2v) is 11.1. The van der Waals surface area contributed by atoms with Gasteiger partial charge in [-0.2, -0.15) is 0 Å². The molecule has 0 aliphatic carbocycles. The Kier molecular flexibility index (Phi) is 10.7. The van der Waals surface area contributed by atoms with Crippen molar-refractivity contribution in [2.75, 3.05) is 29.6 Å². The van der Waals surface area contributed by atoms with E-state index in [1.807, 2.05) is 62.3 Å². The summed E-state index contributed by atoms with van der Waals surface area (Å²) in [6.45, 7) is 1.91. The lowest BCUT2D eigenvalue weighted by molar-refractivity contribution is -0.116. The normalized spacial score (nSPS) is 11.8. The van der Waals surface area contributed by atoms with Crippen molar-refractivity contribution in [2.45, 2.75) is 23.5 Å². The van der Waals surface area contributed by atoms with Crippen molar-refractivity contribution in [3.63, 3.8) is 0 Å². The molecule has 0 bridgehead atoms. The number of thioether (sulfide) groups is 1. The van der Waals surface area contributed by atoms with Crippen LogP contribution in [0.1, 0.15) is 29.3 Å². The van der Waals surface area contributed by atoms with Crippen molar-refractivity contribution in [1.82, 2.24) is 5.32 Å². The first kappa shape index (κ1) is 31.1. The van der Waals surface area contributed by atoms with E-state index < -0.39 is 17.1 Å². The molecule has 7 nitrogen and oxygen atoms in total. The molecule has 220 valence electrons. The highest BCUT2D eigenvalue weighted by atomic mass is 32.2. The Morgan fingerprint density at radius 1 is 0.837 bits per heavy atom. The topological polar surface area (TPSA) is 90.5 Å². The van der Waals surface area contributed by atoms with Crippen molar-refractivity contribution >= 4 is 52.6 Å². The van der Waals surface area contributed by atoms with Crippen LogP contribution in [0.25, 0.3) is 6.08 Å². The number of halogens is 1. The van der Waals surface area contributed by atoms with E-state index in [2.05, 4.69) is 16.0 Å². The molecule has 4 aromatic carbocycles. The van der Waals surface area contributed by atoms with Crippen LogP contribution in [0.15, 0.2) is 114 Å². The number of carbonyl (C=O) groups excluding carboxylic acids is 3. The standard InChI is InChI=1S/C34H33FN4O3S/c1-4-31(34(42)36-26-17-15-25(35)16-18-26)43-29-12-8-11-27(22-29)37-33(41)30(38-32(40)24-9-6-5-7-10-24)21-23-13-19-28(20-14-23)39(2)3/h5-22,31H,4H2,1-3H3,(H,36,42)(H,37,41)(H,38,40)/b30-21+. The van der Waals surface area contributed by atoms with Gasteiger partial charge in [-0.1, -0.05) is 43.3 Å². The van der Waals surface area contributed by atoms with E-state index in [1.54, 1.807) is 48.5 Å². The zero-order valence-electron chi connectivity index (χ0n) is 24.1. The highest BCUT2D eigenvalue weighted by Gasteiger charge is 2.19. The molecule has 0 aliphatic heterocycles. The van der Waals surface area contributed by atoms with Crippen LogP contribution in [0.2, 0.25) is 0 Å². The van der Waals surface area contributed by atoms with Gasteiger partial charge in [-0.3, -0.25) is 14.4 Å². The van der Waals surface area contributed by atoms with Crippen molar-refractivity contribution < 1.29 is 18.8 Å². The Bertz CT molecular complexity index is 1590. The Morgan fingerprint density at radius 2 is 1.53 bits per heavy atom. The predicted molar refractivity (Wildman–Crippen MR) is 173 cm³/mol. The van der Waals surface area contributed by atoms with E-state index in [1.165, 1.54) is 36.0 Å². The molecule has 1 atom stereocenters. The fourth-order valence-electron chi connectivity index (χ4n) is 4.07. The van der Waals surface area contributed by atoms with Gasteiger partial charge in [0.2, 0.25) is 5.91 Å². The van der Waals surface area contributed by atoms with E-state index in [9.17, 15) is 18.8 Å². The van der Waals surface area contributed by atoms with Crippen LogP contribution in [0.5, 0.6) is 0 Å². The minimum absolute atomic E-state index is 0.0784. The average Bonchev–Trinajstić information content (AvgIpc) is 3.01. The minimum Gasteiger partial charge on any atom is -0.378 e. The minimum atomic E-state index is -0.496. The maximum absolute atomic E-state index is 13.5. The summed E-state index contributed by atoms with van der Waals surface area (Å²) in [4.78, 5) is 42.1. The second-order valence-electron chi connectivity index (χ2n) is 9.86. The van der Waals surface area contributed by atoms with Crippen LogP contribution >= 0.6 is 11.8 Å². The van der Waals surface area contributed by atoms with Gasteiger partial charge < -0.3 is 20.9 Å². The Labute approximate surface area is 255 Å². The molecule has 43 heavy (non-hydrogen) atoms. The van der Waals surface area contributed by atoms with Gasteiger partial charge in [0.25, 0.3) is 11.8 Å². The third-order valence-corrected chi connectivity index (χ3v) is 7.75. The molecule has 0 aromatic heterocycles. The van der Waals surface area contributed by atoms with Crippen LogP contribution in [-0.4, -0.2) is 37.1 Å². The van der Waals surface area contributed by atoms with E-state index >= 15 is 0 Å². The first-order valence-corrected chi connectivity index (χ1v) is 14.6. The van der Waals surface area contributed by atoms with Crippen LogP contribution in [-0.2, 0) is 9.59 Å². The fraction of sp³-hybridized carbons (Fsp3) is 0.147. The molecule has 0 fully saturated rings. The number of hydrogen-bond donors (Lipinski definition) is 3. The lowest BCUT2D eigenvalue weighted by Gasteiger charge is -2.16. The number of nitrogens with zero attached hydrogens (tertiary/aromatic N) is 1. The molecule has 0 heterocycles. The molecule has 0 spiro atoms. The zero-order valence-corrected chi connectivity index (χ0v) is 25.0. The quantitative estimate of drug-likeness (QED) is 0.131. The number of nitrogens with one attached hydrogen (secondary N) is 3. The molecular weight excluding hydrogens is 563 g/mol. The number of carbonyl (C=O) groups is 3. The molecule has 0 saturated carbocycles. The fourth-order valence-corrected chi connectivity index (χ4v) is 5.08. The number of anilines is 3. The van der Waals surface area contributed by atoms with Gasteiger partial charge in [0.15, 0.2) is 0 Å². The number of amides is 3.